The zero-order chi connectivity index (χ0) is 7.73. The molecule has 2 nitrogen and oxygen atoms in total. The fourth-order valence-corrected chi connectivity index (χ4v) is 2.56. The van der Waals surface area contributed by atoms with Gasteiger partial charge in [0.05, 0.1) is 6.10 Å². The molecule has 0 amide bonds. The Kier molecular flexibility index (Phi) is 3.38. The van der Waals surface area contributed by atoms with E-state index in [1.54, 1.807) is 0 Å². The summed E-state index contributed by atoms with van der Waals surface area (Å²) in [4.78, 5) is 0. The maximum Gasteiger partial charge on any atom is 0.0569 e. The van der Waals surface area contributed by atoms with Gasteiger partial charge in [0.2, 0.25) is 0 Å². The normalized spacial score (nSPS) is 33.2. The Morgan fingerprint density at radius 3 is 2.50 bits per heavy atom. The van der Waals surface area contributed by atoms with Crippen molar-refractivity contribution in [3.05, 3.63) is 0 Å². The van der Waals surface area contributed by atoms with Gasteiger partial charge < -0.3 is 10.4 Å². The molecule has 1 aliphatic heterocycles. The summed E-state index contributed by atoms with van der Waals surface area (Å²) in [5.41, 5.74) is 0.345. The molecule has 0 aromatic heterocycles. The highest BCUT2D eigenvalue weighted by atomic mass is 35.5. The van der Waals surface area contributed by atoms with Crippen molar-refractivity contribution in [1.29, 1.82) is 0 Å². The first-order valence-corrected chi connectivity index (χ1v) is 4.74. The van der Waals surface area contributed by atoms with E-state index in [4.69, 9.17) is 0 Å². The number of nitrogens with one attached hydrogen (secondary N) is 1. The SMILES string of the molecule is Cl.OC1CCNC2(CCCC2)C1. The van der Waals surface area contributed by atoms with Gasteiger partial charge in [-0.3, -0.25) is 0 Å². The Bertz CT molecular complexity index is 145. The van der Waals surface area contributed by atoms with E-state index in [1.165, 1.54) is 25.7 Å². The summed E-state index contributed by atoms with van der Waals surface area (Å²) in [5.74, 6) is 0. The van der Waals surface area contributed by atoms with Gasteiger partial charge in [0.25, 0.3) is 0 Å². The van der Waals surface area contributed by atoms with Crippen molar-refractivity contribution in [2.45, 2.75) is 50.2 Å². The Morgan fingerprint density at radius 2 is 1.92 bits per heavy atom. The van der Waals surface area contributed by atoms with Gasteiger partial charge in [-0.05, 0) is 32.2 Å². The van der Waals surface area contributed by atoms with Crippen LogP contribution in [0.1, 0.15) is 38.5 Å². The van der Waals surface area contributed by atoms with Crippen LogP contribution in [-0.2, 0) is 0 Å². The van der Waals surface area contributed by atoms with Crippen molar-refractivity contribution in [1.82, 2.24) is 5.32 Å². The highest BCUT2D eigenvalue weighted by molar-refractivity contribution is 5.85. The molecule has 0 aromatic carbocycles. The van der Waals surface area contributed by atoms with Crippen molar-refractivity contribution in [2.75, 3.05) is 6.54 Å². The minimum atomic E-state index is -0.0330. The van der Waals surface area contributed by atoms with Gasteiger partial charge >= 0.3 is 0 Å². The van der Waals surface area contributed by atoms with Gasteiger partial charge in [0, 0.05) is 5.54 Å². The Hall–Kier alpha value is 0.210. The Labute approximate surface area is 80.1 Å². The second-order valence-electron chi connectivity index (χ2n) is 4.06. The molecule has 2 fully saturated rings. The van der Waals surface area contributed by atoms with Crippen molar-refractivity contribution < 1.29 is 5.11 Å². The van der Waals surface area contributed by atoms with E-state index in [1.807, 2.05) is 0 Å². The highest BCUT2D eigenvalue weighted by Gasteiger charge is 2.37. The standard InChI is InChI=1S/C9H17NO.ClH/c11-8-3-6-10-9(7-8)4-1-2-5-9;/h8,10-11H,1-7H2;1H. The molecule has 1 saturated heterocycles. The number of aliphatic hydroxyl groups excluding tert-OH is 1. The van der Waals surface area contributed by atoms with E-state index in [0.717, 1.165) is 19.4 Å². The van der Waals surface area contributed by atoms with E-state index in [9.17, 15) is 5.11 Å². The third-order valence-electron chi connectivity index (χ3n) is 3.16. The van der Waals surface area contributed by atoms with Gasteiger partial charge in [-0.15, -0.1) is 12.4 Å². The van der Waals surface area contributed by atoms with Crippen LogP contribution < -0.4 is 5.32 Å². The third kappa shape index (κ3) is 1.93. The lowest BCUT2D eigenvalue weighted by Gasteiger charge is -2.37. The van der Waals surface area contributed by atoms with Crippen molar-refractivity contribution >= 4 is 12.4 Å². The molecule has 1 saturated carbocycles. The summed E-state index contributed by atoms with van der Waals surface area (Å²) in [7, 11) is 0. The van der Waals surface area contributed by atoms with Crippen LogP contribution in [0.4, 0.5) is 0 Å². The molecule has 0 bridgehead atoms. The van der Waals surface area contributed by atoms with Crippen LogP contribution in [0.25, 0.3) is 0 Å². The monoisotopic (exact) mass is 191 g/mol. The molecule has 2 aliphatic rings. The molecule has 2 N–H and O–H groups in total. The van der Waals surface area contributed by atoms with Gasteiger partial charge in [-0.1, -0.05) is 12.8 Å². The van der Waals surface area contributed by atoms with Crippen molar-refractivity contribution in [2.24, 2.45) is 0 Å². The lowest BCUT2D eigenvalue weighted by atomic mass is 9.86. The van der Waals surface area contributed by atoms with E-state index in [2.05, 4.69) is 5.32 Å². The molecule has 0 aromatic rings. The molecule has 1 atom stereocenters. The van der Waals surface area contributed by atoms with E-state index in [-0.39, 0.29) is 18.5 Å². The van der Waals surface area contributed by atoms with Gasteiger partial charge in [0.1, 0.15) is 0 Å². The molecule has 72 valence electrons. The summed E-state index contributed by atoms with van der Waals surface area (Å²) in [5, 5.41) is 13.1. The fourth-order valence-electron chi connectivity index (χ4n) is 2.56. The molecular weight excluding hydrogens is 174 g/mol. The average Bonchev–Trinajstić information content (AvgIpc) is 2.37. The molecular formula is C9H18ClNO. The summed E-state index contributed by atoms with van der Waals surface area (Å²) in [6.07, 6.45) is 7.16. The van der Waals surface area contributed by atoms with E-state index in [0.29, 0.717) is 5.54 Å². The molecule has 1 aliphatic carbocycles. The zero-order valence-electron chi connectivity index (χ0n) is 7.38. The third-order valence-corrected chi connectivity index (χ3v) is 3.16. The molecule has 3 heteroatoms. The van der Waals surface area contributed by atoms with Crippen molar-refractivity contribution in [3.8, 4) is 0 Å². The first-order chi connectivity index (χ1) is 5.31. The smallest absolute Gasteiger partial charge is 0.0569 e. The number of aliphatic hydroxyl groups is 1. The number of hydrogen-bond donors (Lipinski definition) is 2. The topological polar surface area (TPSA) is 32.3 Å². The minimum Gasteiger partial charge on any atom is -0.393 e. The van der Waals surface area contributed by atoms with Crippen LogP contribution in [-0.4, -0.2) is 23.3 Å². The summed E-state index contributed by atoms with van der Waals surface area (Å²) in [6, 6.07) is 0. The minimum absolute atomic E-state index is 0. The second-order valence-corrected chi connectivity index (χ2v) is 4.06. The summed E-state index contributed by atoms with van der Waals surface area (Å²) in [6.45, 7) is 1.02. The average molecular weight is 192 g/mol. The Balaban J connectivity index is 0.000000720. The van der Waals surface area contributed by atoms with Gasteiger partial charge in [-0.25, -0.2) is 0 Å². The number of halogens is 1. The molecule has 1 spiro atoms. The number of piperidine rings is 1. The van der Waals surface area contributed by atoms with Gasteiger partial charge in [0.15, 0.2) is 0 Å². The molecule has 2 rings (SSSR count). The lowest BCUT2D eigenvalue weighted by Crippen LogP contribution is -2.50. The van der Waals surface area contributed by atoms with Crippen LogP contribution in [0.5, 0.6) is 0 Å². The lowest BCUT2D eigenvalue weighted by molar-refractivity contribution is 0.0795. The molecule has 1 unspecified atom stereocenters. The van der Waals surface area contributed by atoms with E-state index < -0.39 is 0 Å². The maximum atomic E-state index is 9.49. The Morgan fingerprint density at radius 1 is 1.25 bits per heavy atom. The first-order valence-electron chi connectivity index (χ1n) is 4.74. The quantitative estimate of drug-likeness (QED) is 0.608. The predicted molar refractivity (Wildman–Crippen MR) is 51.7 cm³/mol. The first kappa shape index (κ1) is 10.3. The van der Waals surface area contributed by atoms with E-state index >= 15 is 0 Å². The van der Waals surface area contributed by atoms with Crippen molar-refractivity contribution in [3.63, 3.8) is 0 Å². The second kappa shape index (κ2) is 3.95. The number of rotatable bonds is 0. The maximum absolute atomic E-state index is 9.49. The van der Waals surface area contributed by atoms with Gasteiger partial charge in [-0.2, -0.15) is 0 Å². The van der Waals surface area contributed by atoms with Crippen LogP contribution in [0, 0.1) is 0 Å². The fraction of sp³-hybridized carbons (Fsp3) is 1.00. The largest absolute Gasteiger partial charge is 0.393 e. The highest BCUT2D eigenvalue weighted by Crippen LogP contribution is 2.35. The zero-order valence-corrected chi connectivity index (χ0v) is 8.20. The van der Waals surface area contributed by atoms with Crippen LogP contribution in [0.3, 0.4) is 0 Å². The molecule has 1 heterocycles. The van der Waals surface area contributed by atoms with Crippen LogP contribution in [0.15, 0.2) is 0 Å². The summed E-state index contributed by atoms with van der Waals surface area (Å²) < 4.78 is 0. The predicted octanol–water partition coefficient (Wildman–Crippen LogP) is 1.47. The molecule has 0 radical (unpaired) electrons. The molecule has 12 heavy (non-hydrogen) atoms. The summed E-state index contributed by atoms with van der Waals surface area (Å²) >= 11 is 0. The van der Waals surface area contributed by atoms with Crippen LogP contribution in [0.2, 0.25) is 0 Å². The van der Waals surface area contributed by atoms with Crippen LogP contribution >= 0.6 is 12.4 Å². The number of hydrogen-bond acceptors (Lipinski definition) is 2.